The fourth-order valence-corrected chi connectivity index (χ4v) is 6.49. The zero-order chi connectivity index (χ0) is 36.1. The van der Waals surface area contributed by atoms with E-state index in [-0.39, 0.29) is 0 Å². The molecule has 0 unspecified atom stereocenters. The Labute approximate surface area is 312 Å². The lowest BCUT2D eigenvalue weighted by molar-refractivity contribution is 1.25. The van der Waals surface area contributed by atoms with Crippen LogP contribution >= 0.6 is 0 Å². The average Bonchev–Trinajstić information content (AvgIpc) is 3.27. The van der Waals surface area contributed by atoms with Crippen LogP contribution in [0.3, 0.4) is 0 Å². The number of nitrogens with zero attached hydrogens (tertiary/aromatic N) is 8. The molecule has 54 heavy (non-hydrogen) atoms. The third-order valence-corrected chi connectivity index (χ3v) is 9.09. The maximum atomic E-state index is 5.21. The zero-order valence-electron chi connectivity index (χ0n) is 28.9. The number of rotatable bonds is 8. The summed E-state index contributed by atoms with van der Waals surface area (Å²) in [4.78, 5) is 38.2. The van der Waals surface area contributed by atoms with Crippen molar-refractivity contribution in [2.45, 2.75) is 0 Å². The van der Waals surface area contributed by atoms with Crippen molar-refractivity contribution in [1.29, 1.82) is 0 Å². The van der Waals surface area contributed by atoms with Gasteiger partial charge in [-0.1, -0.05) is 24.3 Å². The molecule has 0 N–H and O–H groups in total. The Morgan fingerprint density at radius 2 is 0.481 bits per heavy atom. The SMILES string of the molecule is c1cncc(-c2cccc(-c3cc(-c4cccc(-c5cccnc5)n4)c(-c4cccc(-c5cccnc5)n4)cc3-c3cccc(-c4cccnc4)n3)n2)c1. The van der Waals surface area contributed by atoms with Crippen LogP contribution in [0.25, 0.3) is 90.1 Å². The summed E-state index contributed by atoms with van der Waals surface area (Å²) in [5.41, 5.74) is 13.7. The molecule has 0 radical (unpaired) electrons. The number of aromatic nitrogens is 8. The van der Waals surface area contributed by atoms with Gasteiger partial charge in [0.2, 0.25) is 0 Å². The normalized spacial score (nSPS) is 11.0. The standard InChI is InChI=1S/C46H30N8/c1-13-39(31-9-5-21-47-27-31)51-43(17-1)35-25-37(45-19-3-15-41(53-45)33-11-7-23-49-29-33)38(46-20-4-16-42(54-46)34-12-8-24-50-30-34)26-36(35)44-18-2-14-40(52-44)32-10-6-22-48-28-32/h1-30H. The molecular formula is C46H30N8. The Balaban J connectivity index is 1.32. The molecule has 0 aliphatic rings. The predicted molar refractivity (Wildman–Crippen MR) is 212 cm³/mol. The molecule has 8 heteroatoms. The summed E-state index contributed by atoms with van der Waals surface area (Å²) in [5.74, 6) is 0. The molecule has 0 spiro atoms. The van der Waals surface area contributed by atoms with Crippen molar-refractivity contribution >= 4 is 0 Å². The lowest BCUT2D eigenvalue weighted by Crippen LogP contribution is -1.99. The Morgan fingerprint density at radius 1 is 0.241 bits per heavy atom. The predicted octanol–water partition coefficient (Wildman–Crippen LogP) is 10.2. The van der Waals surface area contributed by atoms with Crippen LogP contribution in [-0.2, 0) is 0 Å². The van der Waals surface area contributed by atoms with Gasteiger partial charge < -0.3 is 0 Å². The van der Waals surface area contributed by atoms with Crippen molar-refractivity contribution in [2.24, 2.45) is 0 Å². The Hall–Kier alpha value is -7.58. The molecule has 8 aromatic heterocycles. The first-order chi connectivity index (χ1) is 26.8. The quantitative estimate of drug-likeness (QED) is 0.155. The summed E-state index contributed by atoms with van der Waals surface area (Å²) < 4.78 is 0. The maximum Gasteiger partial charge on any atom is 0.0725 e. The van der Waals surface area contributed by atoms with Crippen LogP contribution in [0.4, 0.5) is 0 Å². The Morgan fingerprint density at radius 3 is 0.704 bits per heavy atom. The highest BCUT2D eigenvalue weighted by Gasteiger charge is 2.21. The zero-order valence-corrected chi connectivity index (χ0v) is 28.9. The molecule has 1 aromatic carbocycles. The van der Waals surface area contributed by atoms with Gasteiger partial charge in [-0.3, -0.25) is 19.9 Å². The van der Waals surface area contributed by atoms with Crippen LogP contribution in [-0.4, -0.2) is 39.9 Å². The number of pyridine rings is 8. The van der Waals surface area contributed by atoms with Gasteiger partial charge in [-0.25, -0.2) is 19.9 Å². The second kappa shape index (κ2) is 14.6. The van der Waals surface area contributed by atoms with Crippen molar-refractivity contribution < 1.29 is 0 Å². The molecule has 0 saturated heterocycles. The molecule has 8 nitrogen and oxygen atoms in total. The summed E-state index contributed by atoms with van der Waals surface area (Å²) in [6.07, 6.45) is 14.4. The van der Waals surface area contributed by atoms with E-state index >= 15 is 0 Å². The van der Waals surface area contributed by atoms with E-state index < -0.39 is 0 Å². The van der Waals surface area contributed by atoms with Gasteiger partial charge in [0, 0.05) is 94.1 Å². The van der Waals surface area contributed by atoms with Gasteiger partial charge in [0.25, 0.3) is 0 Å². The second-order valence-corrected chi connectivity index (χ2v) is 12.5. The van der Waals surface area contributed by atoms with Crippen LogP contribution in [0, 0.1) is 0 Å². The van der Waals surface area contributed by atoms with Crippen LogP contribution in [0.5, 0.6) is 0 Å². The molecule has 0 fully saturated rings. The highest BCUT2D eigenvalue weighted by atomic mass is 14.8. The van der Waals surface area contributed by atoms with Gasteiger partial charge in [-0.05, 0) is 109 Å². The van der Waals surface area contributed by atoms with Crippen LogP contribution in [0.15, 0.2) is 183 Å². The monoisotopic (exact) mass is 694 g/mol. The number of hydrogen-bond acceptors (Lipinski definition) is 8. The minimum Gasteiger partial charge on any atom is -0.264 e. The lowest BCUT2D eigenvalue weighted by atomic mass is 9.90. The Bertz CT molecular complexity index is 2330. The van der Waals surface area contributed by atoms with E-state index in [2.05, 4.69) is 32.1 Å². The van der Waals surface area contributed by atoms with Crippen molar-refractivity contribution in [3.63, 3.8) is 0 Å². The first-order valence-electron chi connectivity index (χ1n) is 17.5. The topological polar surface area (TPSA) is 103 Å². The van der Waals surface area contributed by atoms with Gasteiger partial charge in [-0.15, -0.1) is 0 Å². The molecule has 0 bridgehead atoms. The second-order valence-electron chi connectivity index (χ2n) is 12.5. The highest BCUT2D eigenvalue weighted by Crippen LogP contribution is 2.42. The van der Waals surface area contributed by atoms with Crippen LogP contribution < -0.4 is 0 Å². The van der Waals surface area contributed by atoms with E-state index in [0.29, 0.717) is 0 Å². The van der Waals surface area contributed by atoms with Crippen molar-refractivity contribution in [1.82, 2.24) is 39.9 Å². The first kappa shape index (κ1) is 32.3. The molecule has 9 aromatic rings. The van der Waals surface area contributed by atoms with Gasteiger partial charge in [0.15, 0.2) is 0 Å². The summed E-state index contributed by atoms with van der Waals surface area (Å²) >= 11 is 0. The van der Waals surface area contributed by atoms with Gasteiger partial charge >= 0.3 is 0 Å². The molecule has 8 heterocycles. The van der Waals surface area contributed by atoms with Gasteiger partial charge in [-0.2, -0.15) is 0 Å². The Kier molecular flexibility index (Phi) is 8.73. The first-order valence-corrected chi connectivity index (χ1v) is 17.5. The van der Waals surface area contributed by atoms with Gasteiger partial charge in [0.1, 0.15) is 0 Å². The smallest absolute Gasteiger partial charge is 0.0725 e. The van der Waals surface area contributed by atoms with Crippen molar-refractivity contribution in [3.8, 4) is 90.1 Å². The number of benzene rings is 1. The largest absolute Gasteiger partial charge is 0.264 e. The summed E-state index contributed by atoms with van der Waals surface area (Å²) in [6.45, 7) is 0. The van der Waals surface area contributed by atoms with E-state index in [9.17, 15) is 0 Å². The minimum atomic E-state index is 0.785. The van der Waals surface area contributed by atoms with E-state index in [0.717, 1.165) is 90.1 Å². The van der Waals surface area contributed by atoms with Crippen molar-refractivity contribution in [3.05, 3.63) is 183 Å². The van der Waals surface area contributed by atoms with E-state index in [1.165, 1.54) is 0 Å². The lowest BCUT2D eigenvalue weighted by Gasteiger charge is -2.18. The van der Waals surface area contributed by atoms with Gasteiger partial charge in [0.05, 0.1) is 45.6 Å². The van der Waals surface area contributed by atoms with Crippen LogP contribution in [0.1, 0.15) is 0 Å². The summed E-state index contributed by atoms with van der Waals surface area (Å²) in [5, 5.41) is 0. The molecular weight excluding hydrogens is 665 g/mol. The molecule has 0 aliphatic carbocycles. The fourth-order valence-electron chi connectivity index (χ4n) is 6.49. The molecule has 9 rings (SSSR count). The molecule has 0 saturated carbocycles. The third kappa shape index (κ3) is 6.63. The summed E-state index contributed by atoms with van der Waals surface area (Å²) in [7, 11) is 0. The van der Waals surface area contributed by atoms with Crippen LogP contribution in [0.2, 0.25) is 0 Å². The average molecular weight is 695 g/mol. The molecule has 0 aliphatic heterocycles. The van der Waals surface area contributed by atoms with E-state index in [4.69, 9.17) is 19.9 Å². The molecule has 0 atom stereocenters. The van der Waals surface area contributed by atoms with E-state index in [1.807, 2.05) is 146 Å². The third-order valence-electron chi connectivity index (χ3n) is 9.09. The maximum absolute atomic E-state index is 5.21. The highest BCUT2D eigenvalue weighted by molar-refractivity contribution is 5.93. The number of hydrogen-bond donors (Lipinski definition) is 0. The molecule has 254 valence electrons. The molecule has 0 amide bonds. The summed E-state index contributed by atoms with van der Waals surface area (Å²) in [6, 6.07) is 44.4. The van der Waals surface area contributed by atoms with Crippen molar-refractivity contribution in [2.75, 3.05) is 0 Å². The minimum absolute atomic E-state index is 0.785. The van der Waals surface area contributed by atoms with E-state index in [1.54, 1.807) is 24.8 Å². The fraction of sp³-hybridized carbons (Fsp3) is 0.